The van der Waals surface area contributed by atoms with Gasteiger partial charge in [0.1, 0.15) is 0 Å². The first-order valence-corrected chi connectivity index (χ1v) is 8.81. The van der Waals surface area contributed by atoms with Crippen molar-refractivity contribution in [2.75, 3.05) is 26.0 Å². The molecule has 0 aliphatic carbocycles. The Bertz CT molecular complexity index is 754. The van der Waals surface area contributed by atoms with E-state index in [4.69, 9.17) is 0 Å². The standard InChI is InChI=1S/C21H27N3O2/c1-5-16-9-11-17(12-10-16)20(24(3)4)14-22-21(26)23-19-8-6-7-18(13-19)15(2)25/h6-13,20H,5,14H2,1-4H3,(H2,22,23,26). The van der Waals surface area contributed by atoms with Crippen LogP contribution in [0.15, 0.2) is 48.5 Å². The van der Waals surface area contributed by atoms with Gasteiger partial charge in [0, 0.05) is 17.8 Å². The molecule has 0 saturated heterocycles. The van der Waals surface area contributed by atoms with Crippen LogP contribution in [0.4, 0.5) is 10.5 Å². The molecule has 0 saturated carbocycles. The van der Waals surface area contributed by atoms with Crippen molar-refractivity contribution in [3.8, 4) is 0 Å². The van der Waals surface area contributed by atoms with Crippen LogP contribution in [0, 0.1) is 0 Å². The van der Waals surface area contributed by atoms with Crippen LogP contribution in [-0.2, 0) is 6.42 Å². The van der Waals surface area contributed by atoms with E-state index in [1.807, 2.05) is 14.1 Å². The Labute approximate surface area is 155 Å². The molecule has 2 aromatic rings. The number of urea groups is 1. The summed E-state index contributed by atoms with van der Waals surface area (Å²) in [5.41, 5.74) is 3.63. The van der Waals surface area contributed by atoms with Gasteiger partial charge < -0.3 is 15.5 Å². The highest BCUT2D eigenvalue weighted by Gasteiger charge is 2.15. The maximum atomic E-state index is 12.2. The molecule has 1 unspecified atom stereocenters. The van der Waals surface area contributed by atoms with Crippen molar-refractivity contribution in [2.45, 2.75) is 26.3 Å². The highest BCUT2D eigenvalue weighted by molar-refractivity contribution is 5.96. The molecule has 0 fully saturated rings. The van der Waals surface area contributed by atoms with E-state index in [2.05, 4.69) is 46.7 Å². The molecular weight excluding hydrogens is 326 g/mol. The molecule has 2 amide bonds. The van der Waals surface area contributed by atoms with Gasteiger partial charge in [-0.2, -0.15) is 0 Å². The van der Waals surface area contributed by atoms with Gasteiger partial charge >= 0.3 is 6.03 Å². The van der Waals surface area contributed by atoms with Gasteiger partial charge in [-0.15, -0.1) is 0 Å². The highest BCUT2D eigenvalue weighted by atomic mass is 16.2. The topological polar surface area (TPSA) is 61.4 Å². The summed E-state index contributed by atoms with van der Waals surface area (Å²) in [5, 5.41) is 5.69. The number of carbonyl (C=O) groups is 2. The Morgan fingerprint density at radius 1 is 1.08 bits per heavy atom. The van der Waals surface area contributed by atoms with Crippen molar-refractivity contribution in [1.82, 2.24) is 10.2 Å². The first-order chi connectivity index (χ1) is 12.4. The summed E-state index contributed by atoms with van der Waals surface area (Å²) in [7, 11) is 3.99. The van der Waals surface area contributed by atoms with Gasteiger partial charge in [-0.25, -0.2) is 4.79 Å². The molecule has 0 radical (unpaired) electrons. The minimum atomic E-state index is -0.289. The zero-order chi connectivity index (χ0) is 19.1. The summed E-state index contributed by atoms with van der Waals surface area (Å²) in [5.74, 6) is -0.0303. The fraction of sp³-hybridized carbons (Fsp3) is 0.333. The lowest BCUT2D eigenvalue weighted by Crippen LogP contribution is -2.36. The number of ketones is 1. The number of amides is 2. The van der Waals surface area contributed by atoms with Gasteiger partial charge in [-0.05, 0) is 50.7 Å². The lowest BCUT2D eigenvalue weighted by molar-refractivity contribution is 0.101. The molecule has 2 aromatic carbocycles. The predicted molar refractivity (Wildman–Crippen MR) is 106 cm³/mol. The van der Waals surface area contributed by atoms with Crippen molar-refractivity contribution in [2.24, 2.45) is 0 Å². The number of nitrogens with zero attached hydrogens (tertiary/aromatic N) is 1. The molecule has 138 valence electrons. The zero-order valence-electron chi connectivity index (χ0n) is 15.9. The van der Waals surface area contributed by atoms with E-state index in [-0.39, 0.29) is 17.9 Å². The van der Waals surface area contributed by atoms with E-state index in [0.717, 1.165) is 12.0 Å². The van der Waals surface area contributed by atoms with Crippen molar-refractivity contribution < 1.29 is 9.59 Å². The molecular formula is C21H27N3O2. The highest BCUT2D eigenvalue weighted by Crippen LogP contribution is 2.18. The minimum Gasteiger partial charge on any atom is -0.336 e. The number of likely N-dealkylation sites (N-methyl/N-ethyl adjacent to an activating group) is 1. The molecule has 1 atom stereocenters. The Kier molecular flexibility index (Phi) is 6.92. The lowest BCUT2D eigenvalue weighted by Gasteiger charge is -2.25. The summed E-state index contributed by atoms with van der Waals surface area (Å²) in [6, 6.07) is 15.2. The zero-order valence-corrected chi connectivity index (χ0v) is 15.9. The van der Waals surface area contributed by atoms with E-state index in [9.17, 15) is 9.59 Å². The van der Waals surface area contributed by atoms with Crippen molar-refractivity contribution >= 4 is 17.5 Å². The van der Waals surface area contributed by atoms with E-state index >= 15 is 0 Å². The maximum absolute atomic E-state index is 12.2. The maximum Gasteiger partial charge on any atom is 0.319 e. The second-order valence-electron chi connectivity index (χ2n) is 6.55. The summed E-state index contributed by atoms with van der Waals surface area (Å²) in [6.07, 6.45) is 1.01. The molecule has 0 heterocycles. The number of anilines is 1. The molecule has 0 aromatic heterocycles. The average molecular weight is 353 g/mol. The first kappa shape index (κ1) is 19.7. The number of hydrogen-bond donors (Lipinski definition) is 2. The largest absolute Gasteiger partial charge is 0.336 e. The number of hydrogen-bond acceptors (Lipinski definition) is 3. The van der Waals surface area contributed by atoms with Crippen molar-refractivity contribution in [3.05, 3.63) is 65.2 Å². The number of aryl methyl sites for hydroxylation is 1. The van der Waals surface area contributed by atoms with Crippen LogP contribution in [-0.4, -0.2) is 37.4 Å². The number of Topliss-reactive ketones (excluding diaryl/α,β-unsaturated/α-hetero) is 1. The van der Waals surface area contributed by atoms with Gasteiger partial charge in [-0.1, -0.05) is 43.3 Å². The summed E-state index contributed by atoms with van der Waals surface area (Å²) in [4.78, 5) is 25.7. The molecule has 2 rings (SSSR count). The number of benzene rings is 2. The van der Waals surface area contributed by atoms with Crippen molar-refractivity contribution in [1.29, 1.82) is 0 Å². The second-order valence-corrected chi connectivity index (χ2v) is 6.55. The van der Waals surface area contributed by atoms with Crippen LogP contribution in [0.3, 0.4) is 0 Å². The Balaban J connectivity index is 1.98. The van der Waals surface area contributed by atoms with Gasteiger partial charge in [-0.3, -0.25) is 4.79 Å². The summed E-state index contributed by atoms with van der Waals surface area (Å²) < 4.78 is 0. The average Bonchev–Trinajstić information content (AvgIpc) is 2.62. The normalized spacial score (nSPS) is 11.9. The van der Waals surface area contributed by atoms with Crippen LogP contribution in [0.1, 0.15) is 41.4 Å². The van der Waals surface area contributed by atoms with Crippen LogP contribution >= 0.6 is 0 Å². The van der Waals surface area contributed by atoms with E-state index in [0.29, 0.717) is 17.8 Å². The molecule has 5 nitrogen and oxygen atoms in total. The molecule has 2 N–H and O–H groups in total. The van der Waals surface area contributed by atoms with Gasteiger partial charge in [0.25, 0.3) is 0 Å². The third-order valence-electron chi connectivity index (χ3n) is 4.38. The van der Waals surface area contributed by atoms with E-state index in [1.165, 1.54) is 12.5 Å². The molecule has 0 bridgehead atoms. The van der Waals surface area contributed by atoms with Crippen LogP contribution in [0.25, 0.3) is 0 Å². The smallest absolute Gasteiger partial charge is 0.319 e. The molecule has 0 spiro atoms. The van der Waals surface area contributed by atoms with Crippen LogP contribution in [0.5, 0.6) is 0 Å². The number of nitrogens with one attached hydrogen (secondary N) is 2. The van der Waals surface area contributed by atoms with E-state index in [1.54, 1.807) is 24.3 Å². The first-order valence-electron chi connectivity index (χ1n) is 8.81. The molecule has 5 heteroatoms. The minimum absolute atomic E-state index is 0.0303. The lowest BCUT2D eigenvalue weighted by atomic mass is 10.0. The predicted octanol–water partition coefficient (Wildman–Crippen LogP) is 3.88. The summed E-state index contributed by atoms with van der Waals surface area (Å²) >= 11 is 0. The fourth-order valence-corrected chi connectivity index (χ4v) is 2.75. The molecule has 0 aliphatic rings. The third kappa shape index (κ3) is 5.43. The number of carbonyl (C=O) groups excluding carboxylic acids is 2. The van der Waals surface area contributed by atoms with Gasteiger partial charge in [0.05, 0.1) is 6.04 Å². The van der Waals surface area contributed by atoms with E-state index < -0.39 is 0 Å². The van der Waals surface area contributed by atoms with Crippen LogP contribution < -0.4 is 10.6 Å². The molecule has 0 aliphatic heterocycles. The Morgan fingerprint density at radius 2 is 1.77 bits per heavy atom. The molecule has 26 heavy (non-hydrogen) atoms. The summed E-state index contributed by atoms with van der Waals surface area (Å²) in [6.45, 7) is 4.12. The third-order valence-corrected chi connectivity index (χ3v) is 4.38. The fourth-order valence-electron chi connectivity index (χ4n) is 2.75. The number of rotatable bonds is 7. The quantitative estimate of drug-likeness (QED) is 0.743. The van der Waals surface area contributed by atoms with Gasteiger partial charge in [0.2, 0.25) is 0 Å². The monoisotopic (exact) mass is 353 g/mol. The second kappa shape index (κ2) is 9.15. The van der Waals surface area contributed by atoms with Gasteiger partial charge in [0.15, 0.2) is 5.78 Å². The van der Waals surface area contributed by atoms with Crippen LogP contribution in [0.2, 0.25) is 0 Å². The Hall–Kier alpha value is -2.66. The van der Waals surface area contributed by atoms with Crippen molar-refractivity contribution in [3.63, 3.8) is 0 Å². The SMILES string of the molecule is CCc1ccc(C(CNC(=O)Nc2cccc(C(C)=O)c2)N(C)C)cc1. The Morgan fingerprint density at radius 3 is 2.35 bits per heavy atom.